The fraction of sp³-hybridized carbons (Fsp3) is 0.100. The lowest BCUT2D eigenvalue weighted by atomic mass is 10.1. The van der Waals surface area contributed by atoms with Crippen LogP contribution in [-0.2, 0) is 6.54 Å². The molecule has 4 rings (SSSR count). The number of hydrogen-bond acceptors (Lipinski definition) is 4. The van der Waals surface area contributed by atoms with Gasteiger partial charge in [0.05, 0.1) is 12.3 Å². The molecule has 0 aliphatic carbocycles. The average molecular weight is 348 g/mol. The number of nitrogens with one attached hydrogen (secondary N) is 1. The maximum absolute atomic E-state index is 13.0. The zero-order chi connectivity index (χ0) is 17.9. The van der Waals surface area contributed by atoms with E-state index in [2.05, 4.69) is 15.3 Å². The highest BCUT2D eigenvalue weighted by atomic mass is 19.1. The summed E-state index contributed by atoms with van der Waals surface area (Å²) in [5.41, 5.74) is 3.51. The quantitative estimate of drug-likeness (QED) is 0.573. The summed E-state index contributed by atoms with van der Waals surface area (Å²) in [7, 11) is 0. The van der Waals surface area contributed by atoms with Crippen molar-refractivity contribution >= 4 is 22.5 Å². The minimum Gasteiger partial charge on any atom is -0.395 e. The molecule has 0 fully saturated rings. The standard InChI is InChI=1S/C20H17FN4O/c21-14-5-7-15(8-6-14)23-20-22-10-9-18(24-20)17-13-25(11-12-26)19-4-2-1-3-16(17)19/h1-10,13,26H,11-12H2,(H,22,23,24). The predicted molar refractivity (Wildman–Crippen MR) is 99.7 cm³/mol. The van der Waals surface area contributed by atoms with E-state index >= 15 is 0 Å². The van der Waals surface area contributed by atoms with Crippen LogP contribution in [0.15, 0.2) is 67.0 Å². The summed E-state index contributed by atoms with van der Waals surface area (Å²) in [6.07, 6.45) is 3.68. The molecule has 6 heteroatoms. The number of nitrogens with zero attached hydrogens (tertiary/aromatic N) is 3. The largest absolute Gasteiger partial charge is 0.395 e. The van der Waals surface area contributed by atoms with Gasteiger partial charge in [-0.05, 0) is 36.4 Å². The Morgan fingerprint density at radius 1 is 1.04 bits per heavy atom. The summed E-state index contributed by atoms with van der Waals surface area (Å²) < 4.78 is 15.1. The van der Waals surface area contributed by atoms with Gasteiger partial charge in [-0.3, -0.25) is 0 Å². The molecule has 2 aromatic heterocycles. The van der Waals surface area contributed by atoms with Crippen LogP contribution in [0.4, 0.5) is 16.0 Å². The monoisotopic (exact) mass is 348 g/mol. The summed E-state index contributed by atoms with van der Waals surface area (Å²) >= 11 is 0. The molecule has 2 N–H and O–H groups in total. The van der Waals surface area contributed by atoms with Gasteiger partial charge >= 0.3 is 0 Å². The second-order valence-corrected chi connectivity index (χ2v) is 5.87. The molecule has 0 saturated heterocycles. The Hall–Kier alpha value is -3.25. The first kappa shape index (κ1) is 16.2. The van der Waals surface area contributed by atoms with Crippen molar-refractivity contribution in [2.75, 3.05) is 11.9 Å². The molecule has 26 heavy (non-hydrogen) atoms. The van der Waals surface area contributed by atoms with E-state index < -0.39 is 0 Å². The molecule has 0 saturated carbocycles. The number of halogens is 1. The van der Waals surface area contributed by atoms with E-state index in [1.165, 1.54) is 12.1 Å². The molecule has 0 aliphatic rings. The molecule has 5 nitrogen and oxygen atoms in total. The van der Waals surface area contributed by atoms with Gasteiger partial charge in [-0.2, -0.15) is 0 Å². The fourth-order valence-electron chi connectivity index (χ4n) is 2.97. The van der Waals surface area contributed by atoms with Crippen molar-refractivity contribution < 1.29 is 9.50 Å². The topological polar surface area (TPSA) is 63.0 Å². The van der Waals surface area contributed by atoms with Gasteiger partial charge in [0, 0.05) is 41.1 Å². The number of aromatic nitrogens is 3. The molecule has 0 unspecified atom stereocenters. The Balaban J connectivity index is 1.72. The molecule has 0 bridgehead atoms. The third-order valence-electron chi connectivity index (χ3n) is 4.16. The molecular weight excluding hydrogens is 331 g/mol. The minimum atomic E-state index is -0.290. The number of aliphatic hydroxyl groups is 1. The third-order valence-corrected chi connectivity index (χ3v) is 4.16. The van der Waals surface area contributed by atoms with Gasteiger partial charge in [-0.25, -0.2) is 14.4 Å². The summed E-state index contributed by atoms with van der Waals surface area (Å²) in [5, 5.41) is 13.5. The highest BCUT2D eigenvalue weighted by Crippen LogP contribution is 2.30. The van der Waals surface area contributed by atoms with Gasteiger partial charge in [0.25, 0.3) is 0 Å². The van der Waals surface area contributed by atoms with Crippen LogP contribution in [0, 0.1) is 5.82 Å². The van der Waals surface area contributed by atoms with Gasteiger partial charge in [0.15, 0.2) is 0 Å². The maximum Gasteiger partial charge on any atom is 0.227 e. The number of benzene rings is 2. The van der Waals surface area contributed by atoms with Crippen LogP contribution in [-0.4, -0.2) is 26.2 Å². The molecule has 4 aromatic rings. The first-order valence-electron chi connectivity index (χ1n) is 8.29. The van der Waals surface area contributed by atoms with Crippen LogP contribution in [0.1, 0.15) is 0 Å². The van der Waals surface area contributed by atoms with Gasteiger partial charge in [0.1, 0.15) is 5.82 Å². The van der Waals surface area contributed by atoms with Crippen molar-refractivity contribution in [2.45, 2.75) is 6.54 Å². The smallest absolute Gasteiger partial charge is 0.227 e. The fourth-order valence-corrected chi connectivity index (χ4v) is 2.97. The third kappa shape index (κ3) is 3.14. The number of para-hydroxylation sites is 1. The Labute approximate surface area is 149 Å². The van der Waals surface area contributed by atoms with Crippen molar-refractivity contribution in [1.29, 1.82) is 0 Å². The Bertz CT molecular complexity index is 1040. The van der Waals surface area contributed by atoms with Crippen molar-refractivity contribution in [3.63, 3.8) is 0 Å². The zero-order valence-electron chi connectivity index (χ0n) is 13.9. The number of anilines is 2. The summed E-state index contributed by atoms with van der Waals surface area (Å²) in [4.78, 5) is 8.84. The van der Waals surface area contributed by atoms with Crippen molar-refractivity contribution in [3.8, 4) is 11.3 Å². The van der Waals surface area contributed by atoms with E-state index in [0.29, 0.717) is 18.2 Å². The highest BCUT2D eigenvalue weighted by Gasteiger charge is 2.11. The molecule has 0 radical (unpaired) electrons. The van der Waals surface area contributed by atoms with Crippen LogP contribution < -0.4 is 5.32 Å². The predicted octanol–water partition coefficient (Wildman–Crippen LogP) is 3.97. The second kappa shape index (κ2) is 6.93. The summed E-state index contributed by atoms with van der Waals surface area (Å²) in [6.45, 7) is 0.589. The van der Waals surface area contributed by atoms with E-state index in [4.69, 9.17) is 0 Å². The number of rotatable bonds is 5. The lowest BCUT2D eigenvalue weighted by molar-refractivity contribution is 0.278. The Morgan fingerprint density at radius 2 is 1.85 bits per heavy atom. The van der Waals surface area contributed by atoms with Crippen molar-refractivity contribution in [2.24, 2.45) is 0 Å². The van der Waals surface area contributed by atoms with Gasteiger partial charge in [-0.15, -0.1) is 0 Å². The Morgan fingerprint density at radius 3 is 2.65 bits per heavy atom. The Kier molecular flexibility index (Phi) is 4.33. The van der Waals surface area contributed by atoms with Gasteiger partial charge in [0.2, 0.25) is 5.95 Å². The van der Waals surface area contributed by atoms with Crippen LogP contribution in [0.25, 0.3) is 22.2 Å². The van der Waals surface area contributed by atoms with E-state index in [-0.39, 0.29) is 12.4 Å². The molecule has 2 heterocycles. The molecular formula is C20H17FN4O. The summed E-state index contributed by atoms with van der Waals surface area (Å²) in [5.74, 6) is 0.148. The first-order valence-corrected chi connectivity index (χ1v) is 8.29. The van der Waals surface area contributed by atoms with Gasteiger partial charge in [-0.1, -0.05) is 18.2 Å². The van der Waals surface area contributed by atoms with E-state index in [1.54, 1.807) is 18.3 Å². The number of aliphatic hydroxyl groups excluding tert-OH is 1. The van der Waals surface area contributed by atoms with E-state index in [1.807, 2.05) is 41.1 Å². The molecule has 0 amide bonds. The zero-order valence-corrected chi connectivity index (χ0v) is 13.9. The van der Waals surface area contributed by atoms with E-state index in [9.17, 15) is 9.50 Å². The number of hydrogen-bond donors (Lipinski definition) is 2. The van der Waals surface area contributed by atoms with Crippen LogP contribution in [0.5, 0.6) is 0 Å². The highest BCUT2D eigenvalue weighted by molar-refractivity contribution is 5.95. The number of fused-ring (bicyclic) bond motifs is 1. The maximum atomic E-state index is 13.0. The summed E-state index contributed by atoms with van der Waals surface area (Å²) in [6, 6.07) is 15.9. The van der Waals surface area contributed by atoms with E-state index in [0.717, 1.165) is 22.2 Å². The molecule has 0 aliphatic heterocycles. The second-order valence-electron chi connectivity index (χ2n) is 5.87. The molecule has 0 spiro atoms. The molecule has 2 aromatic carbocycles. The van der Waals surface area contributed by atoms with Crippen LogP contribution in [0.2, 0.25) is 0 Å². The molecule has 0 atom stereocenters. The van der Waals surface area contributed by atoms with Crippen LogP contribution >= 0.6 is 0 Å². The first-order chi connectivity index (χ1) is 12.7. The average Bonchev–Trinajstić information content (AvgIpc) is 3.03. The van der Waals surface area contributed by atoms with Gasteiger partial charge < -0.3 is 15.0 Å². The molecule has 130 valence electrons. The SMILES string of the molecule is OCCn1cc(-c2ccnc(Nc3ccc(F)cc3)n2)c2ccccc21. The van der Waals surface area contributed by atoms with Crippen LogP contribution in [0.3, 0.4) is 0 Å². The minimum absolute atomic E-state index is 0.0687. The van der Waals surface area contributed by atoms with Crippen molar-refractivity contribution in [3.05, 3.63) is 72.8 Å². The van der Waals surface area contributed by atoms with Crippen molar-refractivity contribution in [1.82, 2.24) is 14.5 Å². The normalized spacial score (nSPS) is 11.0. The lowest BCUT2D eigenvalue weighted by Gasteiger charge is -2.06. The lowest BCUT2D eigenvalue weighted by Crippen LogP contribution is -1.99.